The molecule has 0 radical (unpaired) electrons. The molecule has 2 heterocycles. The van der Waals surface area contributed by atoms with E-state index >= 15 is 0 Å². The molecule has 1 amide bonds. The van der Waals surface area contributed by atoms with E-state index in [2.05, 4.69) is 0 Å². The van der Waals surface area contributed by atoms with Crippen molar-refractivity contribution in [1.29, 1.82) is 0 Å². The van der Waals surface area contributed by atoms with E-state index in [-0.39, 0.29) is 12.5 Å². The normalized spacial score (nSPS) is 21.0. The van der Waals surface area contributed by atoms with Gasteiger partial charge in [-0.15, -0.1) is 0 Å². The zero-order valence-electron chi connectivity index (χ0n) is 11.9. The van der Waals surface area contributed by atoms with Gasteiger partial charge in [0.2, 0.25) is 0 Å². The summed E-state index contributed by atoms with van der Waals surface area (Å²) < 4.78 is 1.55. The Labute approximate surface area is 121 Å². The highest BCUT2D eigenvalue weighted by Gasteiger charge is 2.52. The Hall–Kier alpha value is -2.34. The highest BCUT2D eigenvalue weighted by atomic mass is 16.7. The first-order valence-electron chi connectivity index (χ1n) is 6.76. The van der Waals surface area contributed by atoms with Crippen molar-refractivity contribution in [2.75, 3.05) is 7.11 Å². The predicted octanol–water partition coefficient (Wildman–Crippen LogP) is 2.57. The van der Waals surface area contributed by atoms with Crippen LogP contribution in [0, 0.1) is 0 Å². The maximum Gasteiger partial charge on any atom is 0.353 e. The van der Waals surface area contributed by atoms with E-state index in [1.54, 1.807) is 4.57 Å². The molecule has 0 saturated carbocycles. The second-order valence-corrected chi connectivity index (χ2v) is 5.14. The number of amides is 1. The topological polar surface area (TPSA) is 71.8 Å². The number of aromatic nitrogens is 1. The van der Waals surface area contributed by atoms with E-state index in [1.807, 2.05) is 37.3 Å². The van der Waals surface area contributed by atoms with E-state index in [0.717, 1.165) is 10.9 Å². The van der Waals surface area contributed by atoms with E-state index in [9.17, 15) is 14.7 Å². The largest absolute Gasteiger partial charge is 0.481 e. The molecule has 2 aromatic rings. The predicted molar refractivity (Wildman–Crippen MR) is 75.8 cm³/mol. The standard InChI is InChI=1S/C15H16N2O4/c1-3-15(9-13(18)19)12-8-10-6-4-5-7-11(10)16(12)14(20)17(15)21-2/h4-8H,3,9H2,1-2H3,(H,18,19). The van der Waals surface area contributed by atoms with Crippen LogP contribution in [-0.4, -0.2) is 33.8 Å². The summed E-state index contributed by atoms with van der Waals surface area (Å²) in [7, 11) is 1.39. The van der Waals surface area contributed by atoms with Crippen molar-refractivity contribution in [3.8, 4) is 0 Å². The minimum Gasteiger partial charge on any atom is -0.481 e. The van der Waals surface area contributed by atoms with E-state index in [0.29, 0.717) is 12.1 Å². The number of benzene rings is 1. The number of nitrogens with zero attached hydrogens (tertiary/aromatic N) is 2. The average Bonchev–Trinajstić information content (AvgIpc) is 2.94. The Morgan fingerprint density at radius 2 is 2.10 bits per heavy atom. The summed E-state index contributed by atoms with van der Waals surface area (Å²) in [4.78, 5) is 29.2. The molecule has 3 rings (SSSR count). The Morgan fingerprint density at radius 3 is 2.71 bits per heavy atom. The minimum atomic E-state index is -0.976. The molecule has 21 heavy (non-hydrogen) atoms. The Bertz CT molecular complexity index is 736. The Kier molecular flexibility index (Phi) is 2.98. The first-order chi connectivity index (χ1) is 10.0. The molecular weight excluding hydrogens is 272 g/mol. The molecule has 0 spiro atoms. The van der Waals surface area contributed by atoms with Crippen molar-refractivity contribution in [2.24, 2.45) is 0 Å². The smallest absolute Gasteiger partial charge is 0.353 e. The number of carbonyl (C=O) groups is 2. The van der Waals surface area contributed by atoms with Crippen molar-refractivity contribution < 1.29 is 19.5 Å². The molecule has 1 aliphatic heterocycles. The Balaban J connectivity index is 2.30. The van der Waals surface area contributed by atoms with Crippen LogP contribution >= 0.6 is 0 Å². The van der Waals surface area contributed by atoms with Crippen molar-refractivity contribution in [2.45, 2.75) is 25.3 Å². The van der Waals surface area contributed by atoms with Crippen molar-refractivity contribution in [1.82, 2.24) is 9.63 Å². The van der Waals surface area contributed by atoms with Crippen molar-refractivity contribution in [3.05, 3.63) is 36.0 Å². The van der Waals surface area contributed by atoms with Crippen LogP contribution in [0.15, 0.2) is 30.3 Å². The third-order valence-electron chi connectivity index (χ3n) is 4.15. The van der Waals surface area contributed by atoms with Gasteiger partial charge in [0.1, 0.15) is 5.54 Å². The lowest BCUT2D eigenvalue weighted by Gasteiger charge is -2.33. The molecule has 1 aromatic carbocycles. The highest BCUT2D eigenvalue weighted by Crippen LogP contribution is 2.44. The first kappa shape index (κ1) is 13.6. The number of carboxylic acid groups (broad SMARTS) is 1. The summed E-state index contributed by atoms with van der Waals surface area (Å²) in [6.07, 6.45) is 0.259. The summed E-state index contributed by atoms with van der Waals surface area (Å²) in [6.45, 7) is 1.86. The van der Waals surface area contributed by atoms with E-state index in [4.69, 9.17) is 4.84 Å². The van der Waals surface area contributed by atoms with Crippen LogP contribution in [0.2, 0.25) is 0 Å². The fraction of sp³-hybridized carbons (Fsp3) is 0.333. The fourth-order valence-corrected chi connectivity index (χ4v) is 3.20. The SMILES string of the molecule is CCC1(CC(=O)O)c2cc3ccccc3n2C(=O)N1OC. The van der Waals surface area contributed by atoms with Crippen molar-refractivity contribution in [3.63, 3.8) is 0 Å². The zero-order chi connectivity index (χ0) is 15.2. The van der Waals surface area contributed by atoms with Gasteiger partial charge in [0.05, 0.1) is 24.7 Å². The number of fused-ring (bicyclic) bond motifs is 3. The van der Waals surface area contributed by atoms with Gasteiger partial charge in [-0.25, -0.2) is 4.79 Å². The third-order valence-corrected chi connectivity index (χ3v) is 4.15. The van der Waals surface area contributed by atoms with Gasteiger partial charge >= 0.3 is 12.0 Å². The third kappa shape index (κ3) is 1.69. The van der Waals surface area contributed by atoms with Gasteiger partial charge < -0.3 is 5.11 Å². The van der Waals surface area contributed by atoms with Crippen LogP contribution in [0.4, 0.5) is 4.79 Å². The number of rotatable bonds is 4. The second kappa shape index (κ2) is 4.60. The van der Waals surface area contributed by atoms with Crippen molar-refractivity contribution >= 4 is 22.9 Å². The molecule has 0 fully saturated rings. The van der Waals surface area contributed by atoms with Gasteiger partial charge in [0.15, 0.2) is 0 Å². The highest BCUT2D eigenvalue weighted by molar-refractivity contribution is 5.96. The van der Waals surface area contributed by atoms with Gasteiger partial charge in [0.25, 0.3) is 0 Å². The van der Waals surface area contributed by atoms with Crippen LogP contribution in [0.3, 0.4) is 0 Å². The van der Waals surface area contributed by atoms with E-state index in [1.165, 1.54) is 12.2 Å². The fourth-order valence-electron chi connectivity index (χ4n) is 3.20. The zero-order valence-corrected chi connectivity index (χ0v) is 11.9. The number of aliphatic carboxylic acids is 1. The molecule has 110 valence electrons. The molecule has 0 saturated heterocycles. The molecule has 0 aliphatic carbocycles. The molecule has 1 atom stereocenters. The second-order valence-electron chi connectivity index (χ2n) is 5.14. The summed E-state index contributed by atoms with van der Waals surface area (Å²) in [5.41, 5.74) is 0.456. The molecule has 1 N–H and O–H groups in total. The van der Waals surface area contributed by atoms with Gasteiger partial charge in [-0.2, -0.15) is 5.06 Å². The van der Waals surface area contributed by atoms with Gasteiger partial charge in [-0.05, 0) is 18.6 Å². The summed E-state index contributed by atoms with van der Waals surface area (Å²) in [6, 6.07) is 9.02. The van der Waals surface area contributed by atoms with Crippen LogP contribution < -0.4 is 0 Å². The number of hydrogen-bond donors (Lipinski definition) is 1. The number of hydroxylamine groups is 2. The number of hydrogen-bond acceptors (Lipinski definition) is 3. The molecular formula is C15H16N2O4. The van der Waals surface area contributed by atoms with E-state index < -0.39 is 11.5 Å². The maximum absolute atomic E-state index is 12.6. The van der Waals surface area contributed by atoms with Gasteiger partial charge in [0, 0.05) is 5.39 Å². The lowest BCUT2D eigenvalue weighted by atomic mass is 9.89. The lowest BCUT2D eigenvalue weighted by Crippen LogP contribution is -2.44. The van der Waals surface area contributed by atoms with Crippen LogP contribution in [0.1, 0.15) is 25.5 Å². The number of para-hydroxylation sites is 1. The summed E-state index contributed by atoms with van der Waals surface area (Å²) in [5.74, 6) is -0.967. The maximum atomic E-state index is 12.6. The quantitative estimate of drug-likeness (QED) is 0.938. The summed E-state index contributed by atoms with van der Waals surface area (Å²) in [5, 5.41) is 11.4. The summed E-state index contributed by atoms with van der Waals surface area (Å²) >= 11 is 0. The Morgan fingerprint density at radius 1 is 1.38 bits per heavy atom. The molecule has 1 aliphatic rings. The van der Waals surface area contributed by atoms with Gasteiger partial charge in [-0.3, -0.25) is 14.2 Å². The molecule has 0 bridgehead atoms. The molecule has 6 heteroatoms. The monoisotopic (exact) mass is 288 g/mol. The average molecular weight is 288 g/mol. The van der Waals surface area contributed by atoms with Crippen LogP contribution in [0.5, 0.6) is 0 Å². The molecule has 1 aromatic heterocycles. The number of carboxylic acids is 1. The minimum absolute atomic E-state index is 0.195. The van der Waals surface area contributed by atoms with Gasteiger partial charge in [-0.1, -0.05) is 25.1 Å². The number of carbonyl (C=O) groups excluding carboxylic acids is 1. The first-order valence-corrected chi connectivity index (χ1v) is 6.76. The molecule has 6 nitrogen and oxygen atoms in total. The van der Waals surface area contributed by atoms with Crippen LogP contribution in [-0.2, 0) is 15.2 Å². The lowest BCUT2D eigenvalue weighted by molar-refractivity contribution is -0.168. The van der Waals surface area contributed by atoms with Crippen LogP contribution in [0.25, 0.3) is 10.9 Å². The molecule has 1 unspecified atom stereocenters.